The van der Waals surface area contributed by atoms with E-state index in [1.54, 1.807) is 19.2 Å². The summed E-state index contributed by atoms with van der Waals surface area (Å²) in [5.74, 6) is 0.0955. The van der Waals surface area contributed by atoms with Crippen molar-refractivity contribution in [2.75, 3.05) is 33.2 Å². The Balaban J connectivity index is 0.000000694. The van der Waals surface area contributed by atoms with Crippen molar-refractivity contribution in [3.05, 3.63) is 65.2 Å². The maximum absolute atomic E-state index is 13.1. The van der Waals surface area contributed by atoms with E-state index in [-0.39, 0.29) is 36.9 Å². The molecule has 8 nitrogen and oxygen atoms in total. The minimum absolute atomic E-state index is 0.0340. The molecule has 1 aliphatic rings. The van der Waals surface area contributed by atoms with Crippen LogP contribution in [0.15, 0.2) is 48.5 Å². The summed E-state index contributed by atoms with van der Waals surface area (Å²) in [6, 6.07) is 15.3. The van der Waals surface area contributed by atoms with Crippen molar-refractivity contribution in [2.45, 2.75) is 91.0 Å². The first-order valence-electron chi connectivity index (χ1n) is 16.1. The van der Waals surface area contributed by atoms with Crippen molar-refractivity contribution in [3.63, 3.8) is 0 Å². The average Bonchev–Trinajstić information content (AvgIpc) is 3.01. The van der Waals surface area contributed by atoms with Gasteiger partial charge in [0.2, 0.25) is 17.7 Å². The molecule has 43 heavy (non-hydrogen) atoms. The number of rotatable bonds is 15. The molecule has 8 heteroatoms. The molecule has 1 unspecified atom stereocenters. The van der Waals surface area contributed by atoms with Gasteiger partial charge in [-0.1, -0.05) is 81.5 Å². The number of aryl methyl sites for hydroxylation is 3. The summed E-state index contributed by atoms with van der Waals surface area (Å²) < 4.78 is 0. The Kier molecular flexibility index (Phi) is 17.1. The normalized spacial score (nSPS) is 13.8. The minimum atomic E-state index is -0.317. The first kappa shape index (κ1) is 35.8. The number of amides is 3. The van der Waals surface area contributed by atoms with Gasteiger partial charge in [-0.25, -0.2) is 0 Å². The lowest BCUT2D eigenvalue weighted by molar-refractivity contribution is -0.138. The summed E-state index contributed by atoms with van der Waals surface area (Å²) in [6.07, 6.45) is 10.6. The number of carbonyl (C=O) groups is 3. The van der Waals surface area contributed by atoms with E-state index in [0.717, 1.165) is 64.3 Å². The van der Waals surface area contributed by atoms with Crippen LogP contribution in [0.4, 0.5) is 0 Å². The fourth-order valence-electron chi connectivity index (χ4n) is 5.42. The summed E-state index contributed by atoms with van der Waals surface area (Å²) in [7, 11) is 1.67. The van der Waals surface area contributed by atoms with Gasteiger partial charge >= 0.3 is 0 Å². The smallest absolute Gasteiger partial charge is 0.240 e. The molecule has 238 valence electrons. The van der Waals surface area contributed by atoms with E-state index < -0.39 is 0 Å². The number of phenolic OH excluding ortho intramolecular Hbond substituents is 1. The summed E-state index contributed by atoms with van der Waals surface area (Å²) in [5, 5.41) is 17.7. The maximum Gasteiger partial charge on any atom is 0.240 e. The van der Waals surface area contributed by atoms with Gasteiger partial charge in [0.25, 0.3) is 0 Å². The van der Waals surface area contributed by atoms with Crippen LogP contribution in [-0.2, 0) is 27.2 Å². The molecule has 2 aromatic rings. The third-order valence-electron chi connectivity index (χ3n) is 7.82. The molecule has 0 saturated heterocycles. The molecule has 0 bridgehead atoms. The zero-order chi connectivity index (χ0) is 31.5. The molecule has 1 aliphatic carbocycles. The van der Waals surface area contributed by atoms with Gasteiger partial charge in [-0.3, -0.25) is 14.4 Å². The molecule has 1 atom stereocenters. The Morgan fingerprint density at radius 1 is 0.860 bits per heavy atom. The Morgan fingerprint density at radius 3 is 2.12 bits per heavy atom. The fraction of sp³-hybridized carbons (Fsp3) is 0.571. The van der Waals surface area contributed by atoms with Crippen molar-refractivity contribution < 1.29 is 19.5 Å². The monoisotopic (exact) mass is 594 g/mol. The van der Waals surface area contributed by atoms with Gasteiger partial charge in [-0.05, 0) is 81.2 Å². The van der Waals surface area contributed by atoms with Crippen molar-refractivity contribution in [2.24, 2.45) is 5.92 Å². The van der Waals surface area contributed by atoms with Crippen LogP contribution in [0.1, 0.15) is 81.9 Å². The van der Waals surface area contributed by atoms with Gasteiger partial charge in [-0.15, -0.1) is 0 Å². The molecule has 1 saturated carbocycles. The van der Waals surface area contributed by atoms with Crippen LogP contribution in [0.3, 0.4) is 0 Å². The molecular formula is C35H54N4O4. The summed E-state index contributed by atoms with van der Waals surface area (Å²) in [5.41, 5.74) is 3.88. The number of benzene rings is 2. The Bertz CT molecular complexity index is 1080. The van der Waals surface area contributed by atoms with Gasteiger partial charge in [-0.2, -0.15) is 0 Å². The average molecular weight is 595 g/mol. The number of carbonyl (C=O) groups excluding carboxylic acids is 3. The molecule has 3 rings (SSSR count). The van der Waals surface area contributed by atoms with E-state index in [4.69, 9.17) is 5.11 Å². The van der Waals surface area contributed by atoms with Gasteiger partial charge in [0.15, 0.2) is 0 Å². The van der Waals surface area contributed by atoms with Crippen LogP contribution < -0.4 is 16.0 Å². The first-order chi connectivity index (χ1) is 20.7. The molecular weight excluding hydrogens is 540 g/mol. The van der Waals surface area contributed by atoms with E-state index in [0.29, 0.717) is 18.2 Å². The van der Waals surface area contributed by atoms with Crippen LogP contribution in [0, 0.1) is 12.8 Å². The zero-order valence-electron chi connectivity index (χ0n) is 26.8. The first-order valence-corrected chi connectivity index (χ1v) is 16.1. The number of hydrogen-bond acceptors (Lipinski definition) is 5. The van der Waals surface area contributed by atoms with Gasteiger partial charge in [0.1, 0.15) is 5.75 Å². The second-order valence-corrected chi connectivity index (χ2v) is 11.6. The highest BCUT2D eigenvalue weighted by molar-refractivity contribution is 5.89. The second kappa shape index (κ2) is 20.5. The number of nitrogens with one attached hydrogen (secondary N) is 3. The number of nitrogens with zero attached hydrogens (tertiary/aromatic N) is 1. The molecule has 0 heterocycles. The summed E-state index contributed by atoms with van der Waals surface area (Å²) in [4.78, 5) is 39.1. The van der Waals surface area contributed by atoms with Crippen molar-refractivity contribution in [3.8, 4) is 5.75 Å². The molecule has 4 N–H and O–H groups in total. The van der Waals surface area contributed by atoms with E-state index >= 15 is 0 Å². The minimum Gasteiger partial charge on any atom is -0.508 e. The predicted molar refractivity (Wildman–Crippen MR) is 174 cm³/mol. The molecule has 0 radical (unpaired) electrons. The number of phenols is 1. The predicted octanol–water partition coefficient (Wildman–Crippen LogP) is 4.91. The van der Waals surface area contributed by atoms with Gasteiger partial charge < -0.3 is 26.0 Å². The Labute approximate surface area is 259 Å². The molecule has 3 amide bonds. The SMILES string of the molecule is CCCNC(C(=O)N(C)CC(=O)NCC(=O)NCCCc1ccccc1CCC)C1CCCCC1.Cc1ccc(O)cc1. The lowest BCUT2D eigenvalue weighted by Crippen LogP contribution is -2.52. The molecule has 2 aromatic carbocycles. The van der Waals surface area contributed by atoms with Crippen molar-refractivity contribution >= 4 is 17.7 Å². The van der Waals surface area contributed by atoms with Crippen LogP contribution in [0.25, 0.3) is 0 Å². The van der Waals surface area contributed by atoms with E-state index in [1.165, 1.54) is 28.0 Å². The van der Waals surface area contributed by atoms with Gasteiger partial charge in [0.05, 0.1) is 19.1 Å². The Hall–Kier alpha value is -3.39. The van der Waals surface area contributed by atoms with Crippen LogP contribution in [0.2, 0.25) is 0 Å². The third-order valence-corrected chi connectivity index (χ3v) is 7.82. The number of likely N-dealkylation sites (N-methyl/N-ethyl adjacent to an activating group) is 1. The van der Waals surface area contributed by atoms with Crippen molar-refractivity contribution in [1.29, 1.82) is 0 Å². The molecule has 0 aliphatic heterocycles. The highest BCUT2D eigenvalue weighted by atomic mass is 16.3. The summed E-state index contributed by atoms with van der Waals surface area (Å²) >= 11 is 0. The van der Waals surface area contributed by atoms with Crippen LogP contribution in [-0.4, -0.2) is 67.0 Å². The van der Waals surface area contributed by atoms with Crippen molar-refractivity contribution in [1.82, 2.24) is 20.9 Å². The lowest BCUT2D eigenvalue weighted by atomic mass is 9.83. The second-order valence-electron chi connectivity index (χ2n) is 11.6. The van der Waals surface area contributed by atoms with Gasteiger partial charge in [0, 0.05) is 13.6 Å². The fourth-order valence-corrected chi connectivity index (χ4v) is 5.42. The third kappa shape index (κ3) is 14.1. The largest absolute Gasteiger partial charge is 0.508 e. The van der Waals surface area contributed by atoms with Crippen LogP contribution >= 0.6 is 0 Å². The molecule has 0 spiro atoms. The van der Waals surface area contributed by atoms with E-state index in [1.807, 2.05) is 19.1 Å². The summed E-state index contributed by atoms with van der Waals surface area (Å²) in [6.45, 7) is 7.49. The highest BCUT2D eigenvalue weighted by Gasteiger charge is 2.31. The number of aromatic hydroxyl groups is 1. The lowest BCUT2D eigenvalue weighted by Gasteiger charge is -2.32. The maximum atomic E-state index is 13.1. The Morgan fingerprint density at radius 2 is 1.51 bits per heavy atom. The molecule has 1 fully saturated rings. The molecule has 0 aromatic heterocycles. The van der Waals surface area contributed by atoms with E-state index in [2.05, 4.69) is 54.1 Å². The van der Waals surface area contributed by atoms with Crippen LogP contribution in [0.5, 0.6) is 5.75 Å². The highest BCUT2D eigenvalue weighted by Crippen LogP contribution is 2.27. The number of hydrogen-bond donors (Lipinski definition) is 4. The quantitative estimate of drug-likeness (QED) is 0.219. The standard InChI is InChI=1S/C28H46N4O3.C7H8O/c1-4-12-22-13-9-10-14-23(22)17-11-19-29-25(33)20-31-26(34)21-32(3)28(35)27(30-18-5-2)24-15-7-6-8-16-24;1-6-2-4-7(8)5-3-6/h9-10,13-14,24,27,30H,4-8,11-12,15-21H2,1-3H3,(H,29,33)(H,31,34);2-5,8H,1H3. The van der Waals surface area contributed by atoms with E-state index in [9.17, 15) is 14.4 Å². The topological polar surface area (TPSA) is 111 Å². The zero-order valence-corrected chi connectivity index (χ0v) is 26.8.